The molecule has 2 aromatic heterocycles. The second kappa shape index (κ2) is 9.57. The van der Waals surface area contributed by atoms with Crippen molar-refractivity contribution < 1.29 is 0 Å². The molecule has 0 unspecified atom stereocenters. The van der Waals surface area contributed by atoms with Crippen molar-refractivity contribution in [2.24, 2.45) is 4.99 Å². The number of guanidine groups is 1. The van der Waals surface area contributed by atoms with E-state index in [1.807, 2.05) is 18.3 Å². The molecule has 6 nitrogen and oxygen atoms in total. The fourth-order valence-corrected chi connectivity index (χ4v) is 3.33. The van der Waals surface area contributed by atoms with Crippen molar-refractivity contribution in [3.63, 3.8) is 0 Å². The summed E-state index contributed by atoms with van der Waals surface area (Å²) in [5, 5.41) is 11.9. The van der Waals surface area contributed by atoms with Crippen LogP contribution in [0.1, 0.15) is 49.9 Å². The molecule has 3 rings (SSSR count). The van der Waals surface area contributed by atoms with Crippen LogP contribution in [0.3, 0.4) is 0 Å². The van der Waals surface area contributed by atoms with E-state index in [2.05, 4.69) is 44.5 Å². The smallest absolute Gasteiger partial charge is 0.191 e. The summed E-state index contributed by atoms with van der Waals surface area (Å²) in [6.45, 7) is 4.25. The molecule has 26 heavy (non-hydrogen) atoms. The van der Waals surface area contributed by atoms with Gasteiger partial charge in [-0.15, -0.1) is 0 Å². The lowest BCUT2D eigenvalue weighted by molar-refractivity contribution is 0.463. The molecule has 0 atom stereocenters. The number of hydrogen-bond donors (Lipinski definition) is 2. The van der Waals surface area contributed by atoms with Crippen LogP contribution < -0.4 is 10.6 Å². The Balaban J connectivity index is 1.50. The predicted molar refractivity (Wildman–Crippen MR) is 106 cm³/mol. The molecular weight excluding hydrogens is 348 g/mol. The molecule has 0 aromatic carbocycles. The fraction of sp³-hybridized carbons (Fsp3) is 0.526. The Bertz CT molecular complexity index is 703. The molecule has 2 N–H and O–H groups in total. The number of aliphatic imine (C=N–C) groups is 1. The molecule has 1 fully saturated rings. The van der Waals surface area contributed by atoms with Gasteiger partial charge < -0.3 is 10.6 Å². The minimum absolute atomic E-state index is 0.522. The third-order valence-corrected chi connectivity index (χ3v) is 4.82. The second-order valence-corrected chi connectivity index (χ2v) is 6.97. The molecular formula is C19H27ClN6. The van der Waals surface area contributed by atoms with E-state index < -0.39 is 0 Å². The van der Waals surface area contributed by atoms with Crippen LogP contribution in [-0.4, -0.2) is 33.8 Å². The van der Waals surface area contributed by atoms with Crippen LogP contribution in [0.2, 0.25) is 5.15 Å². The minimum Gasteiger partial charge on any atom is -0.357 e. The van der Waals surface area contributed by atoms with E-state index >= 15 is 0 Å². The Kier molecular flexibility index (Phi) is 6.89. The standard InChI is InChI=1S/C19H27ClN6/c1-2-21-19(22-11-9-15-7-8-18(20)23-13-15)24-14-16-10-12-26(25-16)17-5-3-4-6-17/h7-8,10,12-13,17H,2-6,9,11,14H2,1H3,(H2,21,22,24). The van der Waals surface area contributed by atoms with Crippen molar-refractivity contribution in [2.75, 3.05) is 13.1 Å². The summed E-state index contributed by atoms with van der Waals surface area (Å²) in [6, 6.07) is 6.46. The van der Waals surface area contributed by atoms with Crippen molar-refractivity contribution in [1.29, 1.82) is 0 Å². The van der Waals surface area contributed by atoms with E-state index in [1.165, 1.54) is 25.7 Å². The molecule has 1 aliphatic carbocycles. The number of aromatic nitrogens is 3. The topological polar surface area (TPSA) is 67.1 Å². The lowest BCUT2D eigenvalue weighted by Crippen LogP contribution is -2.38. The molecule has 140 valence electrons. The lowest BCUT2D eigenvalue weighted by atomic mass is 10.2. The summed E-state index contributed by atoms with van der Waals surface area (Å²) < 4.78 is 2.12. The molecule has 0 spiro atoms. The largest absolute Gasteiger partial charge is 0.357 e. The van der Waals surface area contributed by atoms with Gasteiger partial charge in [0.05, 0.1) is 18.3 Å². The number of nitrogens with zero attached hydrogens (tertiary/aromatic N) is 4. The van der Waals surface area contributed by atoms with Gasteiger partial charge in [-0.3, -0.25) is 4.68 Å². The number of halogens is 1. The fourth-order valence-electron chi connectivity index (χ4n) is 3.22. The summed E-state index contributed by atoms with van der Waals surface area (Å²) in [6.07, 6.45) is 9.89. The van der Waals surface area contributed by atoms with Crippen molar-refractivity contribution in [2.45, 2.75) is 51.6 Å². The number of pyridine rings is 1. The molecule has 2 heterocycles. The average Bonchev–Trinajstić information content (AvgIpc) is 3.33. The first-order valence-electron chi connectivity index (χ1n) is 9.41. The zero-order valence-electron chi connectivity index (χ0n) is 15.3. The normalized spacial score (nSPS) is 15.4. The molecule has 0 saturated heterocycles. The van der Waals surface area contributed by atoms with Gasteiger partial charge in [-0.2, -0.15) is 5.10 Å². The van der Waals surface area contributed by atoms with Gasteiger partial charge in [0.15, 0.2) is 5.96 Å². The van der Waals surface area contributed by atoms with E-state index in [1.54, 1.807) is 0 Å². The molecule has 1 saturated carbocycles. The number of hydrogen-bond acceptors (Lipinski definition) is 3. The van der Waals surface area contributed by atoms with Gasteiger partial charge in [-0.1, -0.05) is 30.5 Å². The predicted octanol–water partition coefficient (Wildman–Crippen LogP) is 3.34. The quantitative estimate of drug-likeness (QED) is 0.443. The van der Waals surface area contributed by atoms with Crippen molar-refractivity contribution in [3.05, 3.63) is 47.0 Å². The first kappa shape index (κ1) is 18.7. The summed E-state index contributed by atoms with van der Waals surface area (Å²) >= 11 is 5.82. The van der Waals surface area contributed by atoms with Gasteiger partial charge in [0.2, 0.25) is 0 Å². The van der Waals surface area contributed by atoms with Crippen molar-refractivity contribution in [1.82, 2.24) is 25.4 Å². The Hall–Kier alpha value is -2.08. The van der Waals surface area contributed by atoms with E-state index in [0.29, 0.717) is 17.7 Å². The monoisotopic (exact) mass is 374 g/mol. The zero-order chi connectivity index (χ0) is 18.2. The first-order chi connectivity index (χ1) is 12.7. The van der Waals surface area contributed by atoms with Crippen molar-refractivity contribution >= 4 is 17.6 Å². The van der Waals surface area contributed by atoms with E-state index in [-0.39, 0.29) is 0 Å². The van der Waals surface area contributed by atoms with Crippen molar-refractivity contribution in [3.8, 4) is 0 Å². The minimum atomic E-state index is 0.522. The van der Waals surface area contributed by atoms with Gasteiger partial charge in [-0.05, 0) is 43.9 Å². The Morgan fingerprint density at radius 3 is 2.85 bits per heavy atom. The third-order valence-electron chi connectivity index (χ3n) is 4.60. The van der Waals surface area contributed by atoms with Crippen LogP contribution in [0.4, 0.5) is 0 Å². The lowest BCUT2D eigenvalue weighted by Gasteiger charge is -2.11. The summed E-state index contributed by atoms with van der Waals surface area (Å²) in [7, 11) is 0. The highest BCUT2D eigenvalue weighted by atomic mass is 35.5. The molecule has 0 aliphatic heterocycles. The maximum absolute atomic E-state index is 5.82. The van der Waals surface area contributed by atoms with Gasteiger partial charge in [0.25, 0.3) is 0 Å². The summed E-state index contributed by atoms with van der Waals surface area (Å²) in [4.78, 5) is 8.76. The summed E-state index contributed by atoms with van der Waals surface area (Å²) in [5.74, 6) is 0.810. The molecule has 0 amide bonds. The highest BCUT2D eigenvalue weighted by Gasteiger charge is 2.17. The van der Waals surface area contributed by atoms with Gasteiger partial charge >= 0.3 is 0 Å². The Labute approximate surface area is 160 Å². The first-order valence-corrected chi connectivity index (χ1v) is 9.79. The highest BCUT2D eigenvalue weighted by Crippen LogP contribution is 2.28. The van der Waals surface area contributed by atoms with Gasteiger partial charge in [0.1, 0.15) is 5.15 Å². The van der Waals surface area contributed by atoms with Crippen LogP contribution in [0.15, 0.2) is 35.6 Å². The van der Waals surface area contributed by atoms with Crippen LogP contribution in [0.25, 0.3) is 0 Å². The van der Waals surface area contributed by atoms with Gasteiger partial charge in [-0.25, -0.2) is 9.98 Å². The highest BCUT2D eigenvalue weighted by molar-refractivity contribution is 6.29. The average molecular weight is 375 g/mol. The molecule has 1 aliphatic rings. The van der Waals surface area contributed by atoms with E-state index in [4.69, 9.17) is 16.7 Å². The maximum Gasteiger partial charge on any atom is 0.191 e. The van der Waals surface area contributed by atoms with Gasteiger partial charge in [0, 0.05) is 25.5 Å². The van der Waals surface area contributed by atoms with Crippen LogP contribution in [-0.2, 0) is 13.0 Å². The van der Waals surface area contributed by atoms with E-state index in [9.17, 15) is 0 Å². The molecule has 0 radical (unpaired) electrons. The molecule has 0 bridgehead atoms. The second-order valence-electron chi connectivity index (χ2n) is 6.59. The van der Waals surface area contributed by atoms with Crippen LogP contribution in [0, 0.1) is 0 Å². The SMILES string of the molecule is CCNC(=NCc1ccn(C2CCCC2)n1)NCCc1ccc(Cl)nc1. The Morgan fingerprint density at radius 1 is 1.27 bits per heavy atom. The van der Waals surface area contributed by atoms with Crippen LogP contribution in [0.5, 0.6) is 0 Å². The van der Waals surface area contributed by atoms with E-state index in [0.717, 1.165) is 36.7 Å². The summed E-state index contributed by atoms with van der Waals surface area (Å²) in [5.41, 5.74) is 2.16. The number of nitrogens with one attached hydrogen (secondary N) is 2. The van der Waals surface area contributed by atoms with Crippen LogP contribution >= 0.6 is 11.6 Å². The third kappa shape index (κ3) is 5.46. The zero-order valence-corrected chi connectivity index (χ0v) is 16.0. The molecule has 2 aromatic rings. The number of rotatable bonds is 7. The maximum atomic E-state index is 5.82. The molecule has 7 heteroatoms. The Morgan fingerprint density at radius 2 is 2.12 bits per heavy atom.